The summed E-state index contributed by atoms with van der Waals surface area (Å²) in [4.78, 5) is 18.3. The first-order valence-corrected chi connectivity index (χ1v) is 8.48. The standard InChI is InChI=1S/C18H21N5O2/c1-21-7-4-14(10-18(21)24)11-22-8-5-15(12-22)13-25-17-3-2-16-19-6-9-23(16)20-17/h2-4,6-7,9-10,15H,5,8,11-13H2,1H3. The molecule has 4 rings (SSSR count). The van der Waals surface area contributed by atoms with Gasteiger partial charge in [0.2, 0.25) is 5.88 Å². The van der Waals surface area contributed by atoms with Gasteiger partial charge in [0.25, 0.3) is 5.56 Å². The Morgan fingerprint density at radius 3 is 3.08 bits per heavy atom. The Kier molecular flexibility index (Phi) is 4.23. The lowest BCUT2D eigenvalue weighted by Crippen LogP contribution is -2.24. The topological polar surface area (TPSA) is 64.7 Å². The molecule has 0 aromatic carbocycles. The minimum Gasteiger partial charge on any atom is -0.476 e. The van der Waals surface area contributed by atoms with Crippen molar-refractivity contribution in [3.05, 3.63) is 58.8 Å². The summed E-state index contributed by atoms with van der Waals surface area (Å²) in [5.41, 5.74) is 1.92. The molecule has 3 aromatic heterocycles. The maximum absolute atomic E-state index is 11.7. The molecule has 1 atom stereocenters. The van der Waals surface area contributed by atoms with Gasteiger partial charge in [0.05, 0.1) is 6.61 Å². The van der Waals surface area contributed by atoms with Crippen molar-refractivity contribution < 1.29 is 4.74 Å². The number of imidazole rings is 1. The molecule has 0 amide bonds. The van der Waals surface area contributed by atoms with Crippen LogP contribution in [0, 0.1) is 5.92 Å². The Morgan fingerprint density at radius 1 is 1.28 bits per heavy atom. The second-order valence-electron chi connectivity index (χ2n) is 6.59. The highest BCUT2D eigenvalue weighted by Crippen LogP contribution is 2.19. The van der Waals surface area contributed by atoms with Crippen LogP contribution in [0.25, 0.3) is 5.65 Å². The molecule has 1 aliphatic heterocycles. The van der Waals surface area contributed by atoms with Gasteiger partial charge in [-0.25, -0.2) is 9.50 Å². The normalized spacial score (nSPS) is 18.0. The average molecular weight is 339 g/mol. The van der Waals surface area contributed by atoms with E-state index in [0.717, 1.165) is 37.3 Å². The first-order valence-electron chi connectivity index (χ1n) is 8.48. The molecule has 7 nitrogen and oxygen atoms in total. The van der Waals surface area contributed by atoms with E-state index < -0.39 is 0 Å². The lowest BCUT2D eigenvalue weighted by atomic mass is 10.1. The third-order valence-corrected chi connectivity index (χ3v) is 4.64. The second kappa shape index (κ2) is 6.68. The zero-order valence-corrected chi connectivity index (χ0v) is 14.2. The van der Waals surface area contributed by atoms with Crippen molar-refractivity contribution in [3.8, 4) is 5.88 Å². The van der Waals surface area contributed by atoms with Crippen molar-refractivity contribution >= 4 is 5.65 Å². The maximum Gasteiger partial charge on any atom is 0.250 e. The summed E-state index contributed by atoms with van der Waals surface area (Å²) in [6.07, 6.45) is 6.45. The Bertz CT molecular complexity index is 932. The molecule has 0 N–H and O–H groups in total. The fourth-order valence-corrected chi connectivity index (χ4v) is 3.22. The van der Waals surface area contributed by atoms with E-state index in [0.29, 0.717) is 18.4 Å². The van der Waals surface area contributed by atoms with E-state index in [4.69, 9.17) is 4.74 Å². The molecule has 1 unspecified atom stereocenters. The quantitative estimate of drug-likeness (QED) is 0.702. The van der Waals surface area contributed by atoms with Crippen LogP contribution in [-0.4, -0.2) is 43.8 Å². The van der Waals surface area contributed by atoms with Crippen molar-refractivity contribution in [2.24, 2.45) is 13.0 Å². The lowest BCUT2D eigenvalue weighted by Gasteiger charge is -2.16. The van der Waals surface area contributed by atoms with Crippen LogP contribution in [0.5, 0.6) is 5.88 Å². The van der Waals surface area contributed by atoms with Gasteiger partial charge in [-0.2, -0.15) is 0 Å². The summed E-state index contributed by atoms with van der Waals surface area (Å²) in [5.74, 6) is 1.10. The number of aryl methyl sites for hydroxylation is 1. The van der Waals surface area contributed by atoms with Gasteiger partial charge in [-0.3, -0.25) is 9.69 Å². The van der Waals surface area contributed by atoms with Gasteiger partial charge in [-0.15, -0.1) is 5.10 Å². The largest absolute Gasteiger partial charge is 0.476 e. The predicted octanol–water partition coefficient (Wildman–Crippen LogP) is 1.33. The number of ether oxygens (including phenoxy) is 1. The average Bonchev–Trinajstić information content (AvgIpc) is 3.25. The van der Waals surface area contributed by atoms with E-state index in [1.165, 1.54) is 0 Å². The van der Waals surface area contributed by atoms with E-state index in [2.05, 4.69) is 15.0 Å². The Hall–Kier alpha value is -2.67. The van der Waals surface area contributed by atoms with Crippen LogP contribution in [0.1, 0.15) is 12.0 Å². The first kappa shape index (κ1) is 15.8. The number of fused-ring (bicyclic) bond motifs is 1. The van der Waals surface area contributed by atoms with E-state index in [9.17, 15) is 4.79 Å². The molecule has 4 heterocycles. The summed E-state index contributed by atoms with van der Waals surface area (Å²) >= 11 is 0. The van der Waals surface area contributed by atoms with Crippen molar-refractivity contribution in [3.63, 3.8) is 0 Å². The van der Waals surface area contributed by atoms with Gasteiger partial charge in [0.1, 0.15) is 0 Å². The van der Waals surface area contributed by atoms with E-state index in [1.54, 1.807) is 28.4 Å². The number of hydrogen-bond donors (Lipinski definition) is 0. The number of nitrogens with zero attached hydrogens (tertiary/aromatic N) is 5. The van der Waals surface area contributed by atoms with Gasteiger partial charge in [-0.1, -0.05) is 0 Å². The monoisotopic (exact) mass is 339 g/mol. The third kappa shape index (κ3) is 3.56. The van der Waals surface area contributed by atoms with Crippen LogP contribution in [0.2, 0.25) is 0 Å². The van der Waals surface area contributed by atoms with Crippen LogP contribution >= 0.6 is 0 Å². The van der Waals surface area contributed by atoms with E-state index in [1.807, 2.05) is 30.6 Å². The van der Waals surface area contributed by atoms with Gasteiger partial charge in [0, 0.05) is 56.8 Å². The number of rotatable bonds is 5. The molecule has 25 heavy (non-hydrogen) atoms. The molecule has 0 saturated carbocycles. The summed E-state index contributed by atoms with van der Waals surface area (Å²) in [6, 6.07) is 7.48. The van der Waals surface area contributed by atoms with E-state index in [-0.39, 0.29) is 5.56 Å². The van der Waals surface area contributed by atoms with Gasteiger partial charge >= 0.3 is 0 Å². The van der Waals surface area contributed by atoms with Crippen LogP contribution in [0.3, 0.4) is 0 Å². The SMILES string of the molecule is Cn1ccc(CN2CCC(COc3ccc4nccn4n3)C2)cc1=O. The van der Waals surface area contributed by atoms with E-state index >= 15 is 0 Å². The molecular weight excluding hydrogens is 318 g/mol. The van der Waals surface area contributed by atoms with Crippen molar-refractivity contribution in [2.45, 2.75) is 13.0 Å². The molecule has 7 heteroatoms. The zero-order chi connectivity index (χ0) is 17.2. The Balaban J connectivity index is 1.31. The minimum absolute atomic E-state index is 0.0394. The molecule has 0 bridgehead atoms. The number of likely N-dealkylation sites (tertiary alicyclic amines) is 1. The van der Waals surface area contributed by atoms with Crippen LogP contribution in [0.4, 0.5) is 0 Å². The fraction of sp³-hybridized carbons (Fsp3) is 0.389. The minimum atomic E-state index is 0.0394. The molecule has 1 aliphatic rings. The lowest BCUT2D eigenvalue weighted by molar-refractivity contribution is 0.229. The molecule has 0 radical (unpaired) electrons. The van der Waals surface area contributed by atoms with Gasteiger partial charge in [0.15, 0.2) is 5.65 Å². The maximum atomic E-state index is 11.7. The van der Waals surface area contributed by atoms with Crippen molar-refractivity contribution in [1.82, 2.24) is 24.1 Å². The molecule has 0 spiro atoms. The number of pyridine rings is 1. The number of aromatic nitrogens is 4. The molecule has 0 aliphatic carbocycles. The molecule has 1 fully saturated rings. The summed E-state index contributed by atoms with van der Waals surface area (Å²) in [7, 11) is 1.77. The van der Waals surface area contributed by atoms with Crippen LogP contribution < -0.4 is 10.3 Å². The van der Waals surface area contributed by atoms with Crippen LogP contribution in [0.15, 0.2) is 47.7 Å². The van der Waals surface area contributed by atoms with Gasteiger partial charge in [-0.05, 0) is 30.7 Å². The third-order valence-electron chi connectivity index (χ3n) is 4.64. The molecule has 130 valence electrons. The summed E-state index contributed by atoms with van der Waals surface area (Å²) in [5, 5.41) is 4.38. The Labute approximate surface area is 145 Å². The number of hydrogen-bond acceptors (Lipinski definition) is 5. The van der Waals surface area contributed by atoms with Crippen molar-refractivity contribution in [1.29, 1.82) is 0 Å². The predicted molar refractivity (Wildman–Crippen MR) is 93.5 cm³/mol. The molecular formula is C18H21N5O2. The highest BCUT2D eigenvalue weighted by Gasteiger charge is 2.23. The van der Waals surface area contributed by atoms with Crippen molar-refractivity contribution in [2.75, 3.05) is 19.7 Å². The van der Waals surface area contributed by atoms with Crippen LogP contribution in [-0.2, 0) is 13.6 Å². The highest BCUT2D eigenvalue weighted by atomic mass is 16.5. The van der Waals surface area contributed by atoms with Gasteiger partial charge < -0.3 is 9.30 Å². The molecule has 1 saturated heterocycles. The first-order chi connectivity index (χ1) is 12.2. The fourth-order valence-electron chi connectivity index (χ4n) is 3.22. The summed E-state index contributed by atoms with van der Waals surface area (Å²) in [6.45, 7) is 3.46. The second-order valence-corrected chi connectivity index (χ2v) is 6.59. The smallest absolute Gasteiger partial charge is 0.250 e. The Morgan fingerprint density at radius 2 is 2.20 bits per heavy atom. The summed E-state index contributed by atoms with van der Waals surface area (Å²) < 4.78 is 9.17. The molecule has 3 aromatic rings. The highest BCUT2D eigenvalue weighted by molar-refractivity contribution is 5.37. The zero-order valence-electron chi connectivity index (χ0n) is 14.2.